The molecule has 28 heavy (non-hydrogen) atoms. The van der Waals surface area contributed by atoms with E-state index in [1.165, 1.54) is 43.4 Å². The molecule has 5 rings (SSSR count). The molecule has 5 nitrogen and oxygen atoms in total. The summed E-state index contributed by atoms with van der Waals surface area (Å²) in [7, 11) is 1.69. The molecule has 4 aliphatic rings. The van der Waals surface area contributed by atoms with Gasteiger partial charge in [0.2, 0.25) is 5.91 Å². The molecule has 0 aliphatic heterocycles. The fraction of sp³-hybridized carbons (Fsp3) is 0.652. The lowest BCUT2D eigenvalue weighted by Crippen LogP contribution is -2.52. The van der Waals surface area contributed by atoms with Crippen LogP contribution in [-0.2, 0) is 4.79 Å². The Hall–Kier alpha value is -2.04. The van der Waals surface area contributed by atoms with Gasteiger partial charge in [-0.05, 0) is 86.7 Å². The van der Waals surface area contributed by atoms with Crippen LogP contribution < -0.4 is 10.6 Å². The number of amides is 3. The number of likely N-dealkylation sites (N-methyl/N-ethyl adjacent to an activating group) is 1. The minimum absolute atomic E-state index is 0.0560. The monoisotopic (exact) mass is 383 g/mol. The van der Waals surface area contributed by atoms with Crippen LogP contribution in [0.15, 0.2) is 18.2 Å². The molecule has 0 heterocycles. The Labute approximate surface area is 168 Å². The number of nitrogens with zero attached hydrogens (tertiary/aromatic N) is 1. The lowest BCUT2D eigenvalue weighted by Gasteiger charge is -2.56. The molecule has 3 amide bonds. The van der Waals surface area contributed by atoms with Crippen molar-refractivity contribution in [2.45, 2.75) is 52.4 Å². The van der Waals surface area contributed by atoms with Gasteiger partial charge in [0.05, 0.1) is 0 Å². The molecule has 0 radical (unpaired) electrons. The molecular formula is C23H33N3O2. The van der Waals surface area contributed by atoms with Gasteiger partial charge in [-0.1, -0.05) is 18.2 Å². The van der Waals surface area contributed by atoms with E-state index in [1.54, 1.807) is 7.05 Å². The van der Waals surface area contributed by atoms with E-state index in [-0.39, 0.29) is 18.5 Å². The van der Waals surface area contributed by atoms with Crippen molar-refractivity contribution in [1.29, 1.82) is 0 Å². The second-order valence-corrected chi connectivity index (χ2v) is 9.75. The molecule has 0 unspecified atom stereocenters. The number of urea groups is 1. The van der Waals surface area contributed by atoms with Crippen molar-refractivity contribution >= 4 is 17.6 Å². The van der Waals surface area contributed by atoms with Crippen molar-refractivity contribution in [3.05, 3.63) is 29.3 Å². The first kappa shape index (κ1) is 19.3. The van der Waals surface area contributed by atoms with Crippen molar-refractivity contribution < 1.29 is 9.59 Å². The second kappa shape index (κ2) is 7.41. The summed E-state index contributed by atoms with van der Waals surface area (Å²) in [6.45, 7) is 4.77. The number of rotatable bonds is 5. The third-order valence-electron chi connectivity index (χ3n) is 7.25. The van der Waals surface area contributed by atoms with Gasteiger partial charge in [0.25, 0.3) is 0 Å². The van der Waals surface area contributed by atoms with Gasteiger partial charge in [-0.15, -0.1) is 0 Å². The number of para-hydroxylation sites is 1. The van der Waals surface area contributed by atoms with Crippen LogP contribution >= 0.6 is 0 Å². The topological polar surface area (TPSA) is 61.4 Å². The van der Waals surface area contributed by atoms with Crippen molar-refractivity contribution in [2.75, 3.05) is 25.5 Å². The molecule has 4 bridgehead atoms. The summed E-state index contributed by atoms with van der Waals surface area (Å²) in [6, 6.07) is 5.78. The maximum Gasteiger partial charge on any atom is 0.317 e. The minimum Gasteiger partial charge on any atom is -0.337 e. The highest BCUT2D eigenvalue weighted by Crippen LogP contribution is 2.59. The van der Waals surface area contributed by atoms with Gasteiger partial charge >= 0.3 is 6.03 Å². The fourth-order valence-corrected chi connectivity index (χ4v) is 6.38. The summed E-state index contributed by atoms with van der Waals surface area (Å²) < 4.78 is 0. The van der Waals surface area contributed by atoms with Crippen LogP contribution in [0.1, 0.15) is 49.7 Å². The van der Waals surface area contributed by atoms with E-state index in [0.717, 1.165) is 41.1 Å². The van der Waals surface area contributed by atoms with Crippen molar-refractivity contribution in [3.63, 3.8) is 0 Å². The smallest absolute Gasteiger partial charge is 0.317 e. The molecule has 4 aliphatic carbocycles. The molecule has 1 aromatic carbocycles. The highest BCUT2D eigenvalue weighted by Gasteiger charge is 2.50. The highest BCUT2D eigenvalue weighted by molar-refractivity contribution is 5.95. The first-order valence-corrected chi connectivity index (χ1v) is 10.7. The molecule has 2 N–H and O–H groups in total. The quantitative estimate of drug-likeness (QED) is 0.804. The maximum absolute atomic E-state index is 12.6. The average molecular weight is 384 g/mol. The zero-order chi connectivity index (χ0) is 19.9. The first-order valence-electron chi connectivity index (χ1n) is 10.7. The molecular weight excluding hydrogens is 350 g/mol. The third kappa shape index (κ3) is 3.89. The largest absolute Gasteiger partial charge is 0.337 e. The molecule has 1 aromatic rings. The van der Waals surface area contributed by atoms with Crippen LogP contribution in [0.4, 0.5) is 10.5 Å². The van der Waals surface area contributed by atoms with E-state index >= 15 is 0 Å². The SMILES string of the molecule is Cc1cccc(C)c1NC(=O)CN(C)C(=O)NCC12CC3CC(CC(C3)C1)C2. The standard InChI is InChI=1S/C23H33N3O2/c1-15-5-4-6-16(2)21(15)25-20(27)13-26(3)22(28)24-14-23-10-17-7-18(11-23)9-19(8-17)12-23/h4-6,17-19H,7-14H2,1-3H3,(H,24,28)(H,25,27). The summed E-state index contributed by atoms with van der Waals surface area (Å²) in [6.07, 6.45) is 8.05. The zero-order valence-corrected chi connectivity index (χ0v) is 17.4. The van der Waals surface area contributed by atoms with E-state index in [1.807, 2.05) is 32.0 Å². The highest BCUT2D eigenvalue weighted by atomic mass is 16.2. The molecule has 4 fully saturated rings. The summed E-state index contributed by atoms with van der Waals surface area (Å²) in [4.78, 5) is 26.5. The molecule has 0 aromatic heterocycles. The summed E-state index contributed by atoms with van der Waals surface area (Å²) in [5.41, 5.74) is 3.21. The first-order chi connectivity index (χ1) is 13.3. The number of hydrogen-bond acceptors (Lipinski definition) is 2. The van der Waals surface area contributed by atoms with Crippen LogP contribution in [0, 0.1) is 37.0 Å². The Morgan fingerprint density at radius 3 is 2.11 bits per heavy atom. The molecule has 152 valence electrons. The average Bonchev–Trinajstić information content (AvgIpc) is 2.62. The van der Waals surface area contributed by atoms with E-state index in [9.17, 15) is 9.59 Å². The third-order valence-corrected chi connectivity index (χ3v) is 7.25. The Bertz CT molecular complexity index is 718. The Kier molecular flexibility index (Phi) is 5.11. The van der Waals surface area contributed by atoms with E-state index in [0.29, 0.717) is 5.41 Å². The predicted molar refractivity (Wildman–Crippen MR) is 111 cm³/mol. The van der Waals surface area contributed by atoms with Gasteiger partial charge in [0.15, 0.2) is 0 Å². The van der Waals surface area contributed by atoms with E-state index in [4.69, 9.17) is 0 Å². The summed E-state index contributed by atoms with van der Waals surface area (Å²) >= 11 is 0. The van der Waals surface area contributed by atoms with Crippen molar-refractivity contribution in [2.24, 2.45) is 23.2 Å². The van der Waals surface area contributed by atoms with Gasteiger partial charge in [-0.3, -0.25) is 4.79 Å². The minimum atomic E-state index is -0.162. The number of carbonyl (C=O) groups excluding carboxylic acids is 2. The van der Waals surface area contributed by atoms with Gasteiger partial charge in [0.1, 0.15) is 6.54 Å². The predicted octanol–water partition coefficient (Wildman–Crippen LogP) is 4.10. The fourth-order valence-electron chi connectivity index (χ4n) is 6.38. The lowest BCUT2D eigenvalue weighted by molar-refractivity contribution is -0.116. The van der Waals surface area contributed by atoms with E-state index < -0.39 is 0 Å². The molecule has 0 spiro atoms. The van der Waals surface area contributed by atoms with Crippen LogP contribution in [0.3, 0.4) is 0 Å². The normalized spacial score (nSPS) is 30.2. The maximum atomic E-state index is 12.6. The van der Waals surface area contributed by atoms with Crippen molar-refractivity contribution in [3.8, 4) is 0 Å². The van der Waals surface area contributed by atoms with Crippen LogP contribution in [0.5, 0.6) is 0 Å². The van der Waals surface area contributed by atoms with Crippen LogP contribution in [0.25, 0.3) is 0 Å². The van der Waals surface area contributed by atoms with Crippen LogP contribution in [0.2, 0.25) is 0 Å². The lowest BCUT2D eigenvalue weighted by atomic mass is 9.49. The number of aryl methyl sites for hydroxylation is 2. The Morgan fingerprint density at radius 2 is 1.57 bits per heavy atom. The summed E-state index contributed by atoms with van der Waals surface area (Å²) in [5.74, 6) is 2.47. The Balaban J connectivity index is 1.29. The van der Waals surface area contributed by atoms with Gasteiger partial charge in [0, 0.05) is 19.3 Å². The van der Waals surface area contributed by atoms with Gasteiger partial charge < -0.3 is 15.5 Å². The van der Waals surface area contributed by atoms with E-state index in [2.05, 4.69) is 10.6 Å². The number of benzene rings is 1. The summed E-state index contributed by atoms with van der Waals surface area (Å²) in [5, 5.41) is 6.09. The molecule has 0 atom stereocenters. The number of nitrogens with one attached hydrogen (secondary N) is 2. The zero-order valence-electron chi connectivity index (χ0n) is 17.4. The number of anilines is 1. The molecule has 4 saturated carbocycles. The molecule has 0 saturated heterocycles. The Morgan fingerprint density at radius 1 is 1.04 bits per heavy atom. The van der Waals surface area contributed by atoms with Gasteiger partial charge in [-0.2, -0.15) is 0 Å². The van der Waals surface area contributed by atoms with Crippen molar-refractivity contribution in [1.82, 2.24) is 10.2 Å². The van der Waals surface area contributed by atoms with Gasteiger partial charge in [-0.25, -0.2) is 4.79 Å². The number of carbonyl (C=O) groups is 2. The van der Waals surface area contributed by atoms with Crippen LogP contribution in [-0.4, -0.2) is 37.0 Å². The molecule has 5 heteroatoms. The second-order valence-electron chi connectivity index (χ2n) is 9.75. The number of hydrogen-bond donors (Lipinski definition) is 2.